The number of benzene rings is 1. The average Bonchev–Trinajstić information content (AvgIpc) is 2.49. The van der Waals surface area contributed by atoms with Gasteiger partial charge in [0.25, 0.3) is 11.8 Å². The molecule has 0 aliphatic carbocycles. The summed E-state index contributed by atoms with van der Waals surface area (Å²) in [6.45, 7) is 3.18. The monoisotopic (exact) mass is 340 g/mol. The lowest BCUT2D eigenvalue weighted by atomic mass is 10.0. The molecule has 126 valence electrons. The predicted octanol–water partition coefficient (Wildman–Crippen LogP) is 1.73. The zero-order valence-electron chi connectivity index (χ0n) is 13.6. The van der Waals surface area contributed by atoms with Crippen LogP contribution in [0.15, 0.2) is 24.3 Å². The molecule has 1 atom stereocenters. The number of rotatable bonds is 6. The summed E-state index contributed by atoms with van der Waals surface area (Å²) in [5.74, 6) is -1.66. The van der Waals surface area contributed by atoms with Crippen molar-refractivity contribution in [2.45, 2.75) is 19.9 Å². The van der Waals surface area contributed by atoms with E-state index in [4.69, 9.17) is 16.3 Å². The molecule has 1 aromatic carbocycles. The standard InChI is InChI=1S/C16H21ClN2O4/c1-10(2)14(16(22)23-9-13(20)19(3)4)18-15(21)11-7-5-6-8-12(11)17/h5-8,10,14H,9H2,1-4H3,(H,18,21)/t14-/m1/s1. The first-order valence-electron chi connectivity index (χ1n) is 7.16. The highest BCUT2D eigenvalue weighted by Gasteiger charge is 2.27. The molecule has 2 amide bonds. The van der Waals surface area contributed by atoms with E-state index in [0.717, 1.165) is 0 Å². The Labute approximate surface area is 140 Å². The van der Waals surface area contributed by atoms with Gasteiger partial charge in [-0.25, -0.2) is 4.79 Å². The van der Waals surface area contributed by atoms with E-state index >= 15 is 0 Å². The predicted molar refractivity (Wildman–Crippen MR) is 87.2 cm³/mol. The van der Waals surface area contributed by atoms with Crippen LogP contribution in [0.3, 0.4) is 0 Å². The Morgan fingerprint density at radius 3 is 2.35 bits per heavy atom. The summed E-state index contributed by atoms with van der Waals surface area (Å²) in [6, 6.07) is 5.68. The number of likely N-dealkylation sites (N-methyl/N-ethyl adjacent to an activating group) is 1. The first-order valence-corrected chi connectivity index (χ1v) is 7.54. The summed E-state index contributed by atoms with van der Waals surface area (Å²) >= 11 is 5.97. The smallest absolute Gasteiger partial charge is 0.329 e. The number of ether oxygens (including phenoxy) is 1. The van der Waals surface area contributed by atoms with Gasteiger partial charge in [0, 0.05) is 14.1 Å². The molecule has 0 aliphatic rings. The van der Waals surface area contributed by atoms with Gasteiger partial charge in [-0.2, -0.15) is 0 Å². The second kappa shape index (κ2) is 8.53. The Morgan fingerprint density at radius 1 is 1.22 bits per heavy atom. The van der Waals surface area contributed by atoms with Gasteiger partial charge < -0.3 is 15.0 Å². The molecule has 0 aromatic heterocycles. The molecular weight excluding hydrogens is 320 g/mol. The molecular formula is C16H21ClN2O4. The van der Waals surface area contributed by atoms with E-state index < -0.39 is 17.9 Å². The molecule has 0 heterocycles. The van der Waals surface area contributed by atoms with Gasteiger partial charge in [0.15, 0.2) is 6.61 Å². The maximum atomic E-state index is 12.3. The van der Waals surface area contributed by atoms with Crippen LogP contribution in [0.1, 0.15) is 24.2 Å². The Balaban J connectivity index is 2.75. The minimum absolute atomic E-state index is 0.205. The van der Waals surface area contributed by atoms with Crippen molar-refractivity contribution in [2.24, 2.45) is 5.92 Å². The van der Waals surface area contributed by atoms with Crippen molar-refractivity contribution in [3.8, 4) is 0 Å². The fourth-order valence-electron chi connectivity index (χ4n) is 1.71. The minimum Gasteiger partial charge on any atom is -0.454 e. The van der Waals surface area contributed by atoms with E-state index in [1.807, 2.05) is 0 Å². The highest BCUT2D eigenvalue weighted by Crippen LogP contribution is 2.15. The van der Waals surface area contributed by atoms with E-state index in [-0.39, 0.29) is 24.0 Å². The Kier molecular flexibility index (Phi) is 7.03. The van der Waals surface area contributed by atoms with Crippen LogP contribution >= 0.6 is 11.6 Å². The topological polar surface area (TPSA) is 75.7 Å². The van der Waals surface area contributed by atoms with Crippen LogP contribution in [0.25, 0.3) is 0 Å². The van der Waals surface area contributed by atoms with Gasteiger partial charge in [0.1, 0.15) is 6.04 Å². The Bertz CT molecular complexity index is 587. The molecule has 7 heteroatoms. The van der Waals surface area contributed by atoms with Crippen LogP contribution in [-0.2, 0) is 14.3 Å². The van der Waals surface area contributed by atoms with Crippen LogP contribution in [0.2, 0.25) is 5.02 Å². The van der Waals surface area contributed by atoms with Gasteiger partial charge in [-0.3, -0.25) is 9.59 Å². The molecule has 0 unspecified atom stereocenters. The van der Waals surface area contributed by atoms with Crippen molar-refractivity contribution in [1.29, 1.82) is 0 Å². The molecule has 1 N–H and O–H groups in total. The molecule has 6 nitrogen and oxygen atoms in total. The van der Waals surface area contributed by atoms with E-state index in [1.165, 1.54) is 4.90 Å². The number of hydrogen-bond donors (Lipinski definition) is 1. The lowest BCUT2D eigenvalue weighted by Gasteiger charge is -2.21. The summed E-state index contributed by atoms with van der Waals surface area (Å²) in [4.78, 5) is 37.2. The zero-order valence-corrected chi connectivity index (χ0v) is 14.4. The quantitative estimate of drug-likeness (QED) is 0.800. The van der Waals surface area contributed by atoms with Gasteiger partial charge in [0.2, 0.25) is 0 Å². The summed E-state index contributed by atoms with van der Waals surface area (Å²) in [7, 11) is 3.13. The molecule has 0 saturated heterocycles. The first kappa shape index (κ1) is 19.0. The molecule has 0 saturated carbocycles. The molecule has 0 aliphatic heterocycles. The van der Waals surface area contributed by atoms with Crippen LogP contribution in [0.4, 0.5) is 0 Å². The summed E-state index contributed by atoms with van der Waals surface area (Å²) in [5, 5.41) is 2.90. The van der Waals surface area contributed by atoms with Crippen LogP contribution in [0, 0.1) is 5.92 Å². The lowest BCUT2D eigenvalue weighted by molar-refractivity contribution is -0.153. The molecule has 0 spiro atoms. The normalized spacial score (nSPS) is 11.7. The highest BCUT2D eigenvalue weighted by molar-refractivity contribution is 6.33. The van der Waals surface area contributed by atoms with Gasteiger partial charge in [-0.05, 0) is 18.1 Å². The third kappa shape index (κ3) is 5.56. The molecule has 0 radical (unpaired) electrons. The molecule has 1 aromatic rings. The van der Waals surface area contributed by atoms with E-state index in [1.54, 1.807) is 52.2 Å². The van der Waals surface area contributed by atoms with Crippen LogP contribution in [-0.4, -0.2) is 49.4 Å². The van der Waals surface area contributed by atoms with E-state index in [9.17, 15) is 14.4 Å². The number of amides is 2. The SMILES string of the molecule is CC(C)[C@@H](NC(=O)c1ccccc1Cl)C(=O)OCC(=O)N(C)C. The van der Waals surface area contributed by atoms with Crippen LogP contribution in [0.5, 0.6) is 0 Å². The Hall–Kier alpha value is -2.08. The molecule has 0 fully saturated rings. The number of esters is 1. The summed E-state index contributed by atoms with van der Waals surface area (Å²) < 4.78 is 4.98. The lowest BCUT2D eigenvalue weighted by Crippen LogP contribution is -2.46. The second-order valence-corrected chi connectivity index (χ2v) is 5.98. The summed E-state index contributed by atoms with van der Waals surface area (Å²) in [5.41, 5.74) is 0.275. The Morgan fingerprint density at radius 2 is 1.83 bits per heavy atom. The maximum Gasteiger partial charge on any atom is 0.329 e. The van der Waals surface area contributed by atoms with Crippen molar-refractivity contribution in [2.75, 3.05) is 20.7 Å². The van der Waals surface area contributed by atoms with Crippen LogP contribution < -0.4 is 5.32 Å². The van der Waals surface area contributed by atoms with Crippen molar-refractivity contribution in [3.63, 3.8) is 0 Å². The second-order valence-electron chi connectivity index (χ2n) is 5.57. The zero-order chi connectivity index (χ0) is 17.6. The summed E-state index contributed by atoms with van der Waals surface area (Å²) in [6.07, 6.45) is 0. The fourth-order valence-corrected chi connectivity index (χ4v) is 1.94. The molecule has 23 heavy (non-hydrogen) atoms. The molecule has 1 rings (SSSR count). The number of carbonyl (C=O) groups is 3. The average molecular weight is 341 g/mol. The van der Waals surface area contributed by atoms with E-state index in [0.29, 0.717) is 5.02 Å². The number of carbonyl (C=O) groups excluding carboxylic acids is 3. The minimum atomic E-state index is -0.867. The van der Waals surface area contributed by atoms with Gasteiger partial charge in [-0.1, -0.05) is 37.6 Å². The third-order valence-electron chi connectivity index (χ3n) is 3.16. The number of hydrogen-bond acceptors (Lipinski definition) is 4. The van der Waals surface area contributed by atoms with Gasteiger partial charge in [-0.15, -0.1) is 0 Å². The highest BCUT2D eigenvalue weighted by atomic mass is 35.5. The van der Waals surface area contributed by atoms with Crippen molar-refractivity contribution in [3.05, 3.63) is 34.9 Å². The van der Waals surface area contributed by atoms with E-state index in [2.05, 4.69) is 5.32 Å². The van der Waals surface area contributed by atoms with Crippen molar-refractivity contribution >= 4 is 29.4 Å². The largest absolute Gasteiger partial charge is 0.454 e. The first-order chi connectivity index (χ1) is 10.7. The van der Waals surface area contributed by atoms with Gasteiger partial charge >= 0.3 is 5.97 Å². The fraction of sp³-hybridized carbons (Fsp3) is 0.438. The number of nitrogens with one attached hydrogen (secondary N) is 1. The van der Waals surface area contributed by atoms with Gasteiger partial charge in [0.05, 0.1) is 10.6 Å². The number of nitrogens with zero attached hydrogens (tertiary/aromatic N) is 1. The van der Waals surface area contributed by atoms with Crippen molar-refractivity contribution in [1.82, 2.24) is 10.2 Å². The van der Waals surface area contributed by atoms with Crippen molar-refractivity contribution < 1.29 is 19.1 Å². The molecule has 0 bridgehead atoms. The maximum absolute atomic E-state index is 12.3. The third-order valence-corrected chi connectivity index (χ3v) is 3.49. The number of halogens is 1.